The molecule has 0 aliphatic carbocycles. The fourth-order valence-corrected chi connectivity index (χ4v) is 3.12. The number of aromatic nitrogens is 1. The predicted molar refractivity (Wildman–Crippen MR) is 89.7 cm³/mol. The van der Waals surface area contributed by atoms with E-state index in [0.29, 0.717) is 6.61 Å². The summed E-state index contributed by atoms with van der Waals surface area (Å²) in [6, 6.07) is 6.62. The topological polar surface area (TPSA) is 59.0 Å². The first-order valence-electron chi connectivity index (χ1n) is 7.97. The zero-order valence-electron chi connectivity index (χ0n) is 14.6. The summed E-state index contributed by atoms with van der Waals surface area (Å²) in [4.78, 5) is 0. The predicted octanol–water partition coefficient (Wildman–Crippen LogP) is 4.68. The molecule has 0 amide bonds. The van der Waals surface area contributed by atoms with E-state index < -0.39 is 0 Å². The SMILES string of the molecule is Cc1cc(C)c(OCCCC(C#N)c2c(C)noc2C)c(C)c1. The van der Waals surface area contributed by atoms with Crippen molar-refractivity contribution in [1.29, 1.82) is 5.26 Å². The molecule has 2 aromatic rings. The van der Waals surface area contributed by atoms with Crippen molar-refractivity contribution in [2.75, 3.05) is 6.61 Å². The molecular weight excluding hydrogens is 288 g/mol. The van der Waals surface area contributed by atoms with Crippen molar-refractivity contribution in [3.8, 4) is 11.8 Å². The van der Waals surface area contributed by atoms with E-state index in [-0.39, 0.29) is 5.92 Å². The van der Waals surface area contributed by atoms with Crippen molar-refractivity contribution < 1.29 is 9.26 Å². The molecule has 0 aliphatic heterocycles. The molecule has 4 heteroatoms. The third kappa shape index (κ3) is 3.92. The Balaban J connectivity index is 1.94. The zero-order chi connectivity index (χ0) is 17.0. The Kier molecular flexibility index (Phi) is 5.44. The third-order valence-electron chi connectivity index (χ3n) is 4.08. The van der Waals surface area contributed by atoms with Crippen LogP contribution in [0.4, 0.5) is 0 Å². The van der Waals surface area contributed by atoms with Gasteiger partial charge in [0.05, 0.1) is 24.3 Å². The summed E-state index contributed by atoms with van der Waals surface area (Å²) in [5.74, 6) is 1.51. The van der Waals surface area contributed by atoms with Gasteiger partial charge in [-0.1, -0.05) is 22.9 Å². The molecule has 0 saturated carbocycles. The third-order valence-corrected chi connectivity index (χ3v) is 4.08. The van der Waals surface area contributed by atoms with E-state index in [4.69, 9.17) is 9.26 Å². The van der Waals surface area contributed by atoms with E-state index in [9.17, 15) is 5.26 Å². The summed E-state index contributed by atoms with van der Waals surface area (Å²) in [7, 11) is 0. The Hall–Kier alpha value is -2.28. The normalized spacial score (nSPS) is 12.0. The summed E-state index contributed by atoms with van der Waals surface area (Å²) in [6.45, 7) is 10.6. The van der Waals surface area contributed by atoms with Gasteiger partial charge in [-0.25, -0.2) is 0 Å². The van der Waals surface area contributed by atoms with Crippen molar-refractivity contribution in [3.05, 3.63) is 45.8 Å². The van der Waals surface area contributed by atoms with Crippen LogP contribution in [0, 0.1) is 45.9 Å². The average molecular weight is 312 g/mol. The molecule has 1 aromatic carbocycles. The van der Waals surface area contributed by atoms with E-state index in [2.05, 4.69) is 44.1 Å². The quantitative estimate of drug-likeness (QED) is 0.726. The molecule has 1 heterocycles. The molecule has 0 N–H and O–H groups in total. The largest absolute Gasteiger partial charge is 0.493 e. The molecule has 0 bridgehead atoms. The van der Waals surface area contributed by atoms with Gasteiger partial charge < -0.3 is 9.26 Å². The number of ether oxygens (including phenoxy) is 1. The highest BCUT2D eigenvalue weighted by Crippen LogP contribution is 2.28. The summed E-state index contributed by atoms with van der Waals surface area (Å²) in [6.07, 6.45) is 1.55. The summed E-state index contributed by atoms with van der Waals surface area (Å²) in [5, 5.41) is 13.4. The molecule has 0 fully saturated rings. The highest BCUT2D eigenvalue weighted by atomic mass is 16.5. The van der Waals surface area contributed by atoms with Crippen LogP contribution in [0.2, 0.25) is 0 Å². The molecule has 0 spiro atoms. The Morgan fingerprint density at radius 3 is 2.35 bits per heavy atom. The molecule has 4 nitrogen and oxygen atoms in total. The summed E-state index contributed by atoms with van der Waals surface area (Å²) in [5.41, 5.74) is 5.29. The van der Waals surface area contributed by atoms with Crippen molar-refractivity contribution >= 4 is 0 Å². The van der Waals surface area contributed by atoms with E-state index in [0.717, 1.165) is 46.7 Å². The van der Waals surface area contributed by atoms with Gasteiger partial charge in [0.15, 0.2) is 0 Å². The summed E-state index contributed by atoms with van der Waals surface area (Å²) < 4.78 is 11.1. The van der Waals surface area contributed by atoms with Crippen LogP contribution in [0.1, 0.15) is 52.5 Å². The van der Waals surface area contributed by atoms with Gasteiger partial charge in [-0.2, -0.15) is 5.26 Å². The van der Waals surface area contributed by atoms with Gasteiger partial charge in [-0.15, -0.1) is 0 Å². The first-order chi connectivity index (χ1) is 10.9. The molecule has 0 saturated heterocycles. The second-order valence-electron chi connectivity index (χ2n) is 6.14. The lowest BCUT2D eigenvalue weighted by Gasteiger charge is -2.14. The first kappa shape index (κ1) is 17.1. The number of hydrogen-bond acceptors (Lipinski definition) is 4. The van der Waals surface area contributed by atoms with Crippen LogP contribution in [0.15, 0.2) is 16.7 Å². The van der Waals surface area contributed by atoms with Crippen LogP contribution in [-0.4, -0.2) is 11.8 Å². The molecule has 122 valence electrons. The smallest absolute Gasteiger partial charge is 0.138 e. The fraction of sp³-hybridized carbons (Fsp3) is 0.474. The van der Waals surface area contributed by atoms with Gasteiger partial charge in [0, 0.05) is 5.56 Å². The maximum absolute atomic E-state index is 9.42. The fourth-order valence-electron chi connectivity index (χ4n) is 3.12. The van der Waals surface area contributed by atoms with Crippen molar-refractivity contribution in [2.45, 2.75) is 53.4 Å². The molecule has 1 unspecified atom stereocenters. The molecule has 1 atom stereocenters. The number of nitrogens with zero attached hydrogens (tertiary/aromatic N) is 2. The van der Waals surface area contributed by atoms with E-state index >= 15 is 0 Å². The maximum atomic E-state index is 9.42. The Bertz CT molecular complexity index is 683. The van der Waals surface area contributed by atoms with Crippen LogP contribution in [-0.2, 0) is 0 Å². The van der Waals surface area contributed by atoms with Gasteiger partial charge in [0.1, 0.15) is 11.5 Å². The number of hydrogen-bond donors (Lipinski definition) is 0. The van der Waals surface area contributed by atoms with Gasteiger partial charge in [0.25, 0.3) is 0 Å². The molecule has 2 rings (SSSR count). The van der Waals surface area contributed by atoms with Crippen molar-refractivity contribution in [2.24, 2.45) is 0 Å². The monoisotopic (exact) mass is 312 g/mol. The van der Waals surface area contributed by atoms with Gasteiger partial charge >= 0.3 is 0 Å². The van der Waals surface area contributed by atoms with Crippen LogP contribution >= 0.6 is 0 Å². The first-order valence-corrected chi connectivity index (χ1v) is 7.97. The van der Waals surface area contributed by atoms with Crippen LogP contribution < -0.4 is 4.74 Å². The van der Waals surface area contributed by atoms with E-state index in [1.807, 2.05) is 13.8 Å². The number of rotatable bonds is 6. The molecule has 1 aromatic heterocycles. The molecular formula is C19H24N2O2. The summed E-state index contributed by atoms with van der Waals surface area (Å²) >= 11 is 0. The van der Waals surface area contributed by atoms with Gasteiger partial charge in [-0.3, -0.25) is 0 Å². The van der Waals surface area contributed by atoms with Crippen molar-refractivity contribution in [1.82, 2.24) is 5.16 Å². The van der Waals surface area contributed by atoms with E-state index in [1.54, 1.807) is 0 Å². The standard InChI is InChI=1S/C19H24N2O2/c1-12-9-13(2)19(14(3)10-12)22-8-6-7-17(11-20)18-15(4)21-23-16(18)5/h9-10,17H,6-8H2,1-5H3. The lowest BCUT2D eigenvalue weighted by Crippen LogP contribution is -2.05. The van der Waals surface area contributed by atoms with Crippen molar-refractivity contribution in [3.63, 3.8) is 0 Å². The molecule has 0 aliphatic rings. The lowest BCUT2D eigenvalue weighted by molar-refractivity contribution is 0.300. The molecule has 0 radical (unpaired) electrons. The Morgan fingerprint density at radius 2 is 1.83 bits per heavy atom. The minimum Gasteiger partial charge on any atom is -0.493 e. The number of benzene rings is 1. The second-order valence-corrected chi connectivity index (χ2v) is 6.14. The zero-order valence-corrected chi connectivity index (χ0v) is 14.6. The maximum Gasteiger partial charge on any atom is 0.138 e. The minimum atomic E-state index is -0.190. The Morgan fingerprint density at radius 1 is 1.17 bits per heavy atom. The lowest BCUT2D eigenvalue weighted by atomic mass is 9.94. The number of aryl methyl sites for hydroxylation is 5. The molecule has 23 heavy (non-hydrogen) atoms. The second kappa shape index (κ2) is 7.32. The van der Waals surface area contributed by atoms with E-state index in [1.165, 1.54) is 5.56 Å². The Labute approximate surface area is 138 Å². The highest BCUT2D eigenvalue weighted by Gasteiger charge is 2.20. The van der Waals surface area contributed by atoms with Crippen LogP contribution in [0.25, 0.3) is 0 Å². The van der Waals surface area contributed by atoms with Gasteiger partial charge in [0.2, 0.25) is 0 Å². The number of nitriles is 1. The van der Waals surface area contributed by atoms with Crippen LogP contribution in [0.5, 0.6) is 5.75 Å². The highest BCUT2D eigenvalue weighted by molar-refractivity contribution is 5.42. The minimum absolute atomic E-state index is 0.190. The average Bonchev–Trinajstić information content (AvgIpc) is 2.81. The van der Waals surface area contributed by atoms with Gasteiger partial charge in [-0.05, 0) is 58.6 Å². The van der Waals surface area contributed by atoms with Crippen LogP contribution in [0.3, 0.4) is 0 Å².